The van der Waals surface area contributed by atoms with Gasteiger partial charge in [0, 0.05) is 12.1 Å². The van der Waals surface area contributed by atoms with Crippen molar-refractivity contribution in [2.75, 3.05) is 25.2 Å². The van der Waals surface area contributed by atoms with Crippen LogP contribution >= 0.6 is 11.8 Å². The van der Waals surface area contributed by atoms with Crippen molar-refractivity contribution in [2.45, 2.75) is 45.1 Å². The molecule has 10 heteroatoms. The second-order valence-electron chi connectivity index (χ2n) is 7.96. The molecule has 9 nitrogen and oxygen atoms in total. The first kappa shape index (κ1) is 24.6. The molecule has 2 amide bonds. The Morgan fingerprint density at radius 1 is 1.24 bits per heavy atom. The van der Waals surface area contributed by atoms with Crippen molar-refractivity contribution in [3.63, 3.8) is 0 Å². The summed E-state index contributed by atoms with van der Waals surface area (Å²) in [7, 11) is 0. The fourth-order valence-electron chi connectivity index (χ4n) is 3.92. The van der Waals surface area contributed by atoms with Gasteiger partial charge in [-0.05, 0) is 67.9 Å². The summed E-state index contributed by atoms with van der Waals surface area (Å²) in [6.07, 6.45) is 4.37. The van der Waals surface area contributed by atoms with Crippen LogP contribution < -0.4 is 21.0 Å². The van der Waals surface area contributed by atoms with Gasteiger partial charge in [-0.25, -0.2) is 4.79 Å². The Morgan fingerprint density at radius 2 is 2.00 bits per heavy atom. The molecule has 1 atom stereocenters. The van der Waals surface area contributed by atoms with Gasteiger partial charge in [0.25, 0.3) is 5.91 Å². The average molecular weight is 477 g/mol. The first-order valence-corrected chi connectivity index (χ1v) is 12.2. The summed E-state index contributed by atoms with van der Waals surface area (Å²) >= 11 is 1.54. The Morgan fingerprint density at radius 3 is 2.73 bits per heavy atom. The molecular weight excluding hydrogens is 448 g/mol. The lowest BCUT2D eigenvalue weighted by Crippen LogP contribution is -2.48. The molecule has 0 bridgehead atoms. The number of thioether (sulfide) groups is 1. The van der Waals surface area contributed by atoms with Crippen LogP contribution in [0.3, 0.4) is 0 Å². The number of aliphatic carboxylic acids is 1. The van der Waals surface area contributed by atoms with Gasteiger partial charge in [0.2, 0.25) is 5.91 Å². The molecule has 0 aliphatic heterocycles. The van der Waals surface area contributed by atoms with Crippen LogP contribution in [-0.2, 0) is 27.2 Å². The Kier molecular flexibility index (Phi) is 8.37. The Hall–Kier alpha value is -3.01. The molecule has 3 N–H and O–H groups in total. The summed E-state index contributed by atoms with van der Waals surface area (Å²) < 4.78 is 11.3. The van der Waals surface area contributed by atoms with E-state index < -0.39 is 23.8 Å². The van der Waals surface area contributed by atoms with Crippen LogP contribution in [0.1, 0.15) is 36.0 Å². The Labute approximate surface area is 195 Å². The second kappa shape index (κ2) is 11.2. The summed E-state index contributed by atoms with van der Waals surface area (Å²) in [4.78, 5) is 47.9. The standard InChI is InChI=1S/C23H28N2O7S/c1-13-10-17(21-14-4-3-5-15(14)23(30)32-18(21)11-13)31-12-19(26)25-16(7-9-33-2)22(29)24-8-6-20(27)28/h10-11,16H,3-9,12H2,1-2H3,(H,24,29)(H,25,26)(H,27,28). The van der Waals surface area contributed by atoms with Gasteiger partial charge in [0.1, 0.15) is 17.4 Å². The SMILES string of the molecule is CSCCC(NC(=O)COc1cc(C)cc2oc(=O)c3c(c12)CCC3)C(=O)NCCC(=O)O. The molecule has 33 heavy (non-hydrogen) atoms. The summed E-state index contributed by atoms with van der Waals surface area (Å²) in [6, 6.07) is 2.79. The summed E-state index contributed by atoms with van der Waals surface area (Å²) in [5.41, 5.74) is 2.51. The number of hydrogen-bond acceptors (Lipinski definition) is 7. The lowest BCUT2D eigenvalue weighted by Gasteiger charge is -2.18. The predicted molar refractivity (Wildman–Crippen MR) is 125 cm³/mol. The topological polar surface area (TPSA) is 135 Å². The molecule has 1 aromatic heterocycles. The normalized spacial score (nSPS) is 13.4. The minimum Gasteiger partial charge on any atom is -0.483 e. The molecule has 0 saturated carbocycles. The number of benzene rings is 1. The quantitative estimate of drug-likeness (QED) is 0.418. The third-order valence-electron chi connectivity index (χ3n) is 5.44. The van der Waals surface area contributed by atoms with Crippen LogP contribution in [0.25, 0.3) is 11.0 Å². The maximum absolute atomic E-state index is 12.6. The highest BCUT2D eigenvalue weighted by atomic mass is 32.2. The second-order valence-corrected chi connectivity index (χ2v) is 8.95. The summed E-state index contributed by atoms with van der Waals surface area (Å²) in [5, 5.41) is 14.7. The van der Waals surface area contributed by atoms with E-state index in [0.717, 1.165) is 24.0 Å². The molecule has 3 rings (SSSR count). The van der Waals surface area contributed by atoms with Gasteiger partial charge < -0.3 is 24.9 Å². The summed E-state index contributed by atoms with van der Waals surface area (Å²) in [5.74, 6) is -0.807. The van der Waals surface area contributed by atoms with Crippen molar-refractivity contribution in [1.29, 1.82) is 0 Å². The molecular formula is C23H28N2O7S. The molecule has 1 aromatic carbocycles. The van der Waals surface area contributed by atoms with Gasteiger partial charge in [-0.2, -0.15) is 11.8 Å². The molecule has 0 fully saturated rings. The number of hydrogen-bond donors (Lipinski definition) is 3. The lowest BCUT2D eigenvalue weighted by atomic mass is 10.0. The number of carbonyl (C=O) groups excluding carboxylic acids is 2. The van der Waals surface area contributed by atoms with Crippen LogP contribution in [0.5, 0.6) is 5.75 Å². The minimum absolute atomic E-state index is 0.0120. The number of aryl methyl sites for hydroxylation is 2. The molecule has 0 radical (unpaired) electrons. The van der Waals surface area contributed by atoms with Crippen molar-refractivity contribution in [3.8, 4) is 5.75 Å². The monoisotopic (exact) mass is 476 g/mol. The fraction of sp³-hybridized carbons (Fsp3) is 0.478. The van der Waals surface area contributed by atoms with Crippen LogP contribution in [-0.4, -0.2) is 54.1 Å². The molecule has 1 aliphatic rings. The van der Waals surface area contributed by atoms with Gasteiger partial charge in [0.15, 0.2) is 6.61 Å². The van der Waals surface area contributed by atoms with E-state index in [-0.39, 0.29) is 25.2 Å². The van der Waals surface area contributed by atoms with Crippen molar-refractivity contribution in [1.82, 2.24) is 10.6 Å². The van der Waals surface area contributed by atoms with Gasteiger partial charge in [-0.1, -0.05) is 0 Å². The number of carbonyl (C=O) groups is 3. The van der Waals surface area contributed by atoms with Gasteiger partial charge >= 0.3 is 11.6 Å². The first-order valence-electron chi connectivity index (χ1n) is 10.8. The number of carboxylic acids is 1. The zero-order chi connectivity index (χ0) is 24.0. The van der Waals surface area contributed by atoms with E-state index in [2.05, 4.69) is 10.6 Å². The van der Waals surface area contributed by atoms with E-state index in [1.165, 1.54) is 11.8 Å². The Bertz CT molecular complexity index is 1110. The van der Waals surface area contributed by atoms with Gasteiger partial charge in [-0.15, -0.1) is 0 Å². The molecule has 1 unspecified atom stereocenters. The molecule has 0 saturated heterocycles. The minimum atomic E-state index is -1.01. The first-order chi connectivity index (χ1) is 15.8. The molecule has 2 aromatic rings. The highest BCUT2D eigenvalue weighted by Crippen LogP contribution is 2.35. The Balaban J connectivity index is 1.71. The third-order valence-corrected chi connectivity index (χ3v) is 6.08. The molecule has 1 aliphatic carbocycles. The number of ether oxygens (including phenoxy) is 1. The van der Waals surface area contributed by atoms with Crippen molar-refractivity contribution in [2.24, 2.45) is 0 Å². The largest absolute Gasteiger partial charge is 0.483 e. The van der Waals surface area contributed by atoms with Gasteiger partial charge in [0.05, 0.1) is 11.8 Å². The zero-order valence-corrected chi connectivity index (χ0v) is 19.5. The number of fused-ring (bicyclic) bond motifs is 3. The molecule has 178 valence electrons. The average Bonchev–Trinajstić information content (AvgIpc) is 3.24. The zero-order valence-electron chi connectivity index (χ0n) is 18.7. The smallest absolute Gasteiger partial charge is 0.339 e. The van der Waals surface area contributed by atoms with Crippen molar-refractivity contribution < 1.29 is 28.6 Å². The third kappa shape index (κ3) is 6.28. The maximum atomic E-state index is 12.6. The van der Waals surface area contributed by atoms with E-state index in [1.54, 1.807) is 12.1 Å². The van der Waals surface area contributed by atoms with Crippen LogP contribution in [0.2, 0.25) is 0 Å². The van der Waals surface area contributed by atoms with E-state index in [4.69, 9.17) is 14.3 Å². The lowest BCUT2D eigenvalue weighted by molar-refractivity contribution is -0.137. The van der Waals surface area contributed by atoms with Crippen LogP contribution in [0.15, 0.2) is 21.3 Å². The van der Waals surface area contributed by atoms with E-state index >= 15 is 0 Å². The van der Waals surface area contributed by atoms with Crippen molar-refractivity contribution in [3.05, 3.63) is 39.2 Å². The highest BCUT2D eigenvalue weighted by molar-refractivity contribution is 7.98. The van der Waals surface area contributed by atoms with Crippen molar-refractivity contribution >= 4 is 40.5 Å². The number of amides is 2. The molecule has 1 heterocycles. The van der Waals surface area contributed by atoms with E-state index in [9.17, 15) is 19.2 Å². The molecule has 0 spiro atoms. The highest BCUT2D eigenvalue weighted by Gasteiger charge is 2.24. The number of nitrogens with one attached hydrogen (secondary N) is 2. The number of carboxylic acid groups (broad SMARTS) is 1. The van der Waals surface area contributed by atoms with Crippen LogP contribution in [0.4, 0.5) is 0 Å². The van der Waals surface area contributed by atoms with Gasteiger partial charge in [-0.3, -0.25) is 14.4 Å². The summed E-state index contributed by atoms with van der Waals surface area (Å²) in [6.45, 7) is 1.52. The van der Waals surface area contributed by atoms with Crippen LogP contribution in [0, 0.1) is 6.92 Å². The van der Waals surface area contributed by atoms with E-state index in [0.29, 0.717) is 40.9 Å². The number of rotatable bonds is 11. The maximum Gasteiger partial charge on any atom is 0.339 e. The predicted octanol–water partition coefficient (Wildman–Crippen LogP) is 1.80. The fourth-order valence-corrected chi connectivity index (χ4v) is 4.39. The van der Waals surface area contributed by atoms with E-state index in [1.807, 2.05) is 13.2 Å².